The topological polar surface area (TPSA) is 61.4 Å². The predicted octanol–water partition coefficient (Wildman–Crippen LogP) is 1.29. The molecule has 0 aliphatic rings. The Hall–Kier alpha value is -0.610. The molecule has 1 amide bonds. The molecule has 0 spiro atoms. The van der Waals surface area contributed by atoms with Crippen molar-refractivity contribution in [3.63, 3.8) is 0 Å². The molecule has 0 rings (SSSR count). The zero-order chi connectivity index (χ0) is 13.3. The lowest BCUT2D eigenvalue weighted by Gasteiger charge is -2.20. The van der Waals surface area contributed by atoms with Gasteiger partial charge < -0.3 is 15.7 Å². The van der Waals surface area contributed by atoms with Gasteiger partial charge in [0.25, 0.3) is 0 Å². The summed E-state index contributed by atoms with van der Waals surface area (Å²) in [7, 11) is 0. The van der Waals surface area contributed by atoms with E-state index >= 15 is 0 Å². The van der Waals surface area contributed by atoms with Crippen LogP contribution >= 0.6 is 0 Å². The number of hydrogen-bond donors (Lipinski definition) is 3. The highest BCUT2D eigenvalue weighted by Crippen LogP contribution is 2.09. The van der Waals surface area contributed by atoms with Crippen molar-refractivity contribution in [1.29, 1.82) is 0 Å². The van der Waals surface area contributed by atoms with E-state index in [2.05, 4.69) is 17.6 Å². The Bertz CT molecular complexity index is 202. The van der Waals surface area contributed by atoms with Crippen molar-refractivity contribution in [1.82, 2.24) is 10.6 Å². The average molecular weight is 244 g/mol. The molecular weight excluding hydrogens is 216 g/mol. The van der Waals surface area contributed by atoms with Gasteiger partial charge in [0.2, 0.25) is 5.91 Å². The molecule has 0 saturated heterocycles. The lowest BCUT2D eigenvalue weighted by molar-refractivity contribution is -0.123. The van der Waals surface area contributed by atoms with Crippen LogP contribution in [0, 0.1) is 5.92 Å². The largest absolute Gasteiger partial charge is 0.396 e. The molecule has 0 aliphatic heterocycles. The van der Waals surface area contributed by atoms with Crippen molar-refractivity contribution >= 4 is 5.91 Å². The molecule has 2 atom stereocenters. The van der Waals surface area contributed by atoms with Crippen LogP contribution in [0.15, 0.2) is 0 Å². The van der Waals surface area contributed by atoms with Gasteiger partial charge in [0.1, 0.15) is 0 Å². The number of nitrogens with one attached hydrogen (secondary N) is 2. The highest BCUT2D eigenvalue weighted by molar-refractivity contribution is 5.81. The Morgan fingerprint density at radius 3 is 2.35 bits per heavy atom. The maximum Gasteiger partial charge on any atom is 0.237 e. The van der Waals surface area contributed by atoms with Gasteiger partial charge in [-0.1, -0.05) is 13.3 Å². The van der Waals surface area contributed by atoms with E-state index in [9.17, 15) is 4.79 Å². The third-order valence-corrected chi connectivity index (χ3v) is 2.77. The van der Waals surface area contributed by atoms with Crippen molar-refractivity contribution in [2.24, 2.45) is 5.92 Å². The highest BCUT2D eigenvalue weighted by atomic mass is 16.3. The van der Waals surface area contributed by atoms with Crippen LogP contribution in [0.1, 0.15) is 47.0 Å². The Kier molecular flexibility index (Phi) is 9.09. The molecule has 0 fully saturated rings. The van der Waals surface area contributed by atoms with E-state index in [0.717, 1.165) is 25.8 Å². The van der Waals surface area contributed by atoms with Gasteiger partial charge in [-0.2, -0.15) is 0 Å². The SMILES string of the molecule is CCCC(CCO)CNC(C)C(=O)NC(C)C. The molecule has 17 heavy (non-hydrogen) atoms. The molecule has 0 aromatic carbocycles. The average Bonchev–Trinajstić information content (AvgIpc) is 2.25. The highest BCUT2D eigenvalue weighted by Gasteiger charge is 2.15. The fourth-order valence-electron chi connectivity index (χ4n) is 1.78. The summed E-state index contributed by atoms with van der Waals surface area (Å²) >= 11 is 0. The summed E-state index contributed by atoms with van der Waals surface area (Å²) in [4.78, 5) is 11.7. The van der Waals surface area contributed by atoms with E-state index in [0.29, 0.717) is 5.92 Å². The molecule has 2 unspecified atom stereocenters. The van der Waals surface area contributed by atoms with Crippen LogP contribution in [0.5, 0.6) is 0 Å². The first kappa shape index (κ1) is 16.4. The summed E-state index contributed by atoms with van der Waals surface area (Å²) in [5.74, 6) is 0.499. The van der Waals surface area contributed by atoms with Crippen molar-refractivity contribution in [2.45, 2.75) is 59.0 Å². The molecule has 0 bridgehead atoms. The predicted molar refractivity (Wildman–Crippen MR) is 70.8 cm³/mol. The smallest absolute Gasteiger partial charge is 0.237 e. The number of rotatable bonds is 9. The maximum atomic E-state index is 11.7. The first-order valence-electron chi connectivity index (χ1n) is 6.65. The summed E-state index contributed by atoms with van der Waals surface area (Å²) in [5.41, 5.74) is 0. The molecule has 4 nitrogen and oxygen atoms in total. The van der Waals surface area contributed by atoms with Crippen LogP contribution in [-0.4, -0.2) is 36.2 Å². The minimum Gasteiger partial charge on any atom is -0.396 e. The standard InChI is InChI=1S/C13H28N2O2/c1-5-6-12(7-8-16)9-14-11(4)13(17)15-10(2)3/h10-12,14,16H,5-9H2,1-4H3,(H,15,17). The van der Waals surface area contributed by atoms with Gasteiger partial charge in [0.15, 0.2) is 0 Å². The quantitative estimate of drug-likeness (QED) is 0.573. The Morgan fingerprint density at radius 2 is 1.88 bits per heavy atom. The normalized spacial score (nSPS) is 14.7. The lowest BCUT2D eigenvalue weighted by atomic mass is 10.00. The molecule has 0 radical (unpaired) electrons. The van der Waals surface area contributed by atoms with Gasteiger partial charge in [-0.05, 0) is 46.1 Å². The van der Waals surface area contributed by atoms with Crippen LogP contribution in [0.2, 0.25) is 0 Å². The molecule has 0 saturated carbocycles. The number of carbonyl (C=O) groups is 1. The lowest BCUT2D eigenvalue weighted by Crippen LogP contribution is -2.46. The van der Waals surface area contributed by atoms with Gasteiger partial charge >= 0.3 is 0 Å². The second-order valence-electron chi connectivity index (χ2n) is 4.96. The number of aliphatic hydroxyl groups excluding tert-OH is 1. The summed E-state index contributed by atoms with van der Waals surface area (Å²) in [6, 6.07) is 0.00563. The second-order valence-corrected chi connectivity index (χ2v) is 4.96. The van der Waals surface area contributed by atoms with Crippen LogP contribution in [0.3, 0.4) is 0 Å². The zero-order valence-electron chi connectivity index (χ0n) is 11.6. The number of carbonyl (C=O) groups excluding carboxylic acids is 1. The van der Waals surface area contributed by atoms with Crippen molar-refractivity contribution in [2.75, 3.05) is 13.2 Å². The fraction of sp³-hybridized carbons (Fsp3) is 0.923. The molecule has 102 valence electrons. The van der Waals surface area contributed by atoms with E-state index < -0.39 is 0 Å². The first-order chi connectivity index (χ1) is 8.01. The maximum absolute atomic E-state index is 11.7. The van der Waals surface area contributed by atoms with Gasteiger partial charge in [0.05, 0.1) is 6.04 Å². The summed E-state index contributed by atoms with van der Waals surface area (Å²) < 4.78 is 0. The fourth-order valence-corrected chi connectivity index (χ4v) is 1.78. The molecule has 0 aromatic heterocycles. The summed E-state index contributed by atoms with van der Waals surface area (Å²) in [6.45, 7) is 8.94. The Morgan fingerprint density at radius 1 is 1.24 bits per heavy atom. The minimum atomic E-state index is -0.171. The number of hydrogen-bond acceptors (Lipinski definition) is 3. The van der Waals surface area contributed by atoms with Crippen LogP contribution < -0.4 is 10.6 Å². The third kappa shape index (κ3) is 8.16. The zero-order valence-corrected chi connectivity index (χ0v) is 11.6. The van der Waals surface area contributed by atoms with Crippen molar-refractivity contribution < 1.29 is 9.90 Å². The van der Waals surface area contributed by atoms with Crippen molar-refractivity contribution in [3.05, 3.63) is 0 Å². The van der Waals surface area contributed by atoms with Gasteiger partial charge in [-0.15, -0.1) is 0 Å². The molecule has 0 aliphatic carbocycles. The summed E-state index contributed by atoms with van der Waals surface area (Å²) in [6.07, 6.45) is 3.00. The van der Waals surface area contributed by atoms with E-state index in [4.69, 9.17) is 5.11 Å². The second kappa shape index (κ2) is 9.42. The van der Waals surface area contributed by atoms with Crippen LogP contribution in [-0.2, 0) is 4.79 Å². The van der Waals surface area contributed by atoms with Gasteiger partial charge in [-0.3, -0.25) is 4.79 Å². The molecule has 0 aromatic rings. The first-order valence-corrected chi connectivity index (χ1v) is 6.65. The van der Waals surface area contributed by atoms with Gasteiger partial charge in [0, 0.05) is 12.6 Å². The summed E-state index contributed by atoms with van der Waals surface area (Å²) in [5, 5.41) is 15.1. The monoisotopic (exact) mass is 244 g/mol. The Balaban J connectivity index is 3.93. The molecule has 4 heteroatoms. The molecular formula is C13H28N2O2. The third-order valence-electron chi connectivity index (χ3n) is 2.77. The minimum absolute atomic E-state index is 0.0410. The van der Waals surface area contributed by atoms with E-state index in [1.54, 1.807) is 0 Å². The number of aliphatic hydroxyl groups is 1. The van der Waals surface area contributed by atoms with E-state index in [1.165, 1.54) is 0 Å². The number of amides is 1. The van der Waals surface area contributed by atoms with E-state index in [-0.39, 0.29) is 24.6 Å². The Labute approximate surface area is 105 Å². The van der Waals surface area contributed by atoms with Crippen LogP contribution in [0.25, 0.3) is 0 Å². The van der Waals surface area contributed by atoms with Crippen LogP contribution in [0.4, 0.5) is 0 Å². The van der Waals surface area contributed by atoms with Crippen molar-refractivity contribution in [3.8, 4) is 0 Å². The van der Waals surface area contributed by atoms with E-state index in [1.807, 2.05) is 20.8 Å². The molecule has 3 N–H and O–H groups in total. The molecule has 0 heterocycles. The van der Waals surface area contributed by atoms with Gasteiger partial charge in [-0.25, -0.2) is 0 Å².